The van der Waals surface area contributed by atoms with Gasteiger partial charge < -0.3 is 10.5 Å². The summed E-state index contributed by atoms with van der Waals surface area (Å²) >= 11 is 4.83. The number of ether oxygens (including phenoxy) is 1. The van der Waals surface area contributed by atoms with Crippen LogP contribution in [-0.4, -0.2) is 62.7 Å². The van der Waals surface area contributed by atoms with Crippen molar-refractivity contribution in [2.24, 2.45) is 5.73 Å². The van der Waals surface area contributed by atoms with Gasteiger partial charge in [0.2, 0.25) is 10.0 Å². The lowest BCUT2D eigenvalue weighted by molar-refractivity contribution is 0.0390. The van der Waals surface area contributed by atoms with E-state index in [0.717, 1.165) is 13.1 Å². The van der Waals surface area contributed by atoms with E-state index in [2.05, 4.69) is 14.6 Å². The fraction of sp³-hybridized carbons (Fsp3) is 0.500. The van der Waals surface area contributed by atoms with E-state index in [4.69, 9.17) is 22.7 Å². The molecule has 0 unspecified atom stereocenters. The Morgan fingerprint density at radius 1 is 1.48 bits per heavy atom. The zero-order valence-corrected chi connectivity index (χ0v) is 13.1. The third kappa shape index (κ3) is 4.42. The zero-order chi connectivity index (χ0) is 15.3. The van der Waals surface area contributed by atoms with Gasteiger partial charge in [0, 0.05) is 32.4 Å². The third-order valence-electron chi connectivity index (χ3n) is 3.12. The first-order chi connectivity index (χ1) is 10.0. The Hall–Kier alpha value is -1.13. The number of thiocarbonyl (C=S) groups is 1. The van der Waals surface area contributed by atoms with Gasteiger partial charge in [0.15, 0.2) is 0 Å². The minimum Gasteiger partial charge on any atom is -0.388 e. The Bertz CT molecular complexity index is 600. The Morgan fingerprint density at radius 3 is 2.86 bits per heavy atom. The van der Waals surface area contributed by atoms with Gasteiger partial charge in [-0.2, -0.15) is 0 Å². The number of rotatable bonds is 6. The number of nitrogens with two attached hydrogens (primary N) is 1. The van der Waals surface area contributed by atoms with Gasteiger partial charge in [-0.3, -0.25) is 9.88 Å². The number of hydrogen-bond donors (Lipinski definition) is 2. The van der Waals surface area contributed by atoms with Crippen LogP contribution in [0.3, 0.4) is 0 Å². The van der Waals surface area contributed by atoms with Crippen LogP contribution >= 0.6 is 12.2 Å². The van der Waals surface area contributed by atoms with E-state index in [1.165, 1.54) is 18.3 Å². The number of sulfonamides is 1. The van der Waals surface area contributed by atoms with Crippen LogP contribution in [0.1, 0.15) is 5.69 Å². The van der Waals surface area contributed by atoms with Crippen LogP contribution in [0.5, 0.6) is 0 Å². The fourth-order valence-electron chi connectivity index (χ4n) is 2.03. The van der Waals surface area contributed by atoms with Crippen molar-refractivity contribution in [3.63, 3.8) is 0 Å². The summed E-state index contributed by atoms with van der Waals surface area (Å²) in [5.41, 5.74) is 5.63. The molecule has 9 heteroatoms. The van der Waals surface area contributed by atoms with Gasteiger partial charge in [-0.1, -0.05) is 12.2 Å². The summed E-state index contributed by atoms with van der Waals surface area (Å²) in [6.07, 6.45) is 1.46. The molecular weight excluding hydrogens is 312 g/mol. The summed E-state index contributed by atoms with van der Waals surface area (Å²) < 4.78 is 32.4. The van der Waals surface area contributed by atoms with Gasteiger partial charge in [0.1, 0.15) is 15.6 Å². The van der Waals surface area contributed by atoms with E-state index in [1.807, 2.05) is 0 Å². The largest absolute Gasteiger partial charge is 0.388 e. The Balaban J connectivity index is 2.00. The van der Waals surface area contributed by atoms with Crippen molar-refractivity contribution in [1.82, 2.24) is 14.6 Å². The number of nitrogens with zero attached hydrogens (tertiary/aromatic N) is 2. The Kier molecular flexibility index (Phi) is 5.59. The van der Waals surface area contributed by atoms with Gasteiger partial charge in [0.25, 0.3) is 0 Å². The summed E-state index contributed by atoms with van der Waals surface area (Å²) in [5.74, 6) is 0. The predicted octanol–water partition coefficient (Wildman–Crippen LogP) is -0.674. The SMILES string of the molecule is NC(=S)c1ncccc1S(=O)(=O)NCCN1CCOCC1. The van der Waals surface area contributed by atoms with E-state index in [0.29, 0.717) is 26.3 Å². The van der Waals surface area contributed by atoms with E-state index in [-0.39, 0.29) is 15.6 Å². The molecule has 0 radical (unpaired) electrons. The topological polar surface area (TPSA) is 97.5 Å². The van der Waals surface area contributed by atoms with Crippen molar-refractivity contribution < 1.29 is 13.2 Å². The molecular formula is C12H18N4O3S2. The molecule has 0 spiro atoms. The standard InChI is InChI=1S/C12H18N4O3S2/c13-12(20)11-10(2-1-3-14-11)21(17,18)15-4-5-16-6-8-19-9-7-16/h1-3,15H,4-9H2,(H2,13,20). The molecule has 7 nitrogen and oxygen atoms in total. The summed E-state index contributed by atoms with van der Waals surface area (Å²) in [7, 11) is -3.67. The average molecular weight is 330 g/mol. The van der Waals surface area contributed by atoms with E-state index in [9.17, 15) is 8.42 Å². The minimum atomic E-state index is -3.67. The first-order valence-electron chi connectivity index (χ1n) is 6.55. The molecule has 1 aliphatic rings. The first-order valence-corrected chi connectivity index (χ1v) is 8.44. The lowest BCUT2D eigenvalue weighted by Crippen LogP contribution is -2.41. The molecule has 2 heterocycles. The maximum Gasteiger partial charge on any atom is 0.242 e. The normalized spacial score (nSPS) is 16.8. The number of morpholine rings is 1. The van der Waals surface area contributed by atoms with Gasteiger partial charge >= 0.3 is 0 Å². The second-order valence-electron chi connectivity index (χ2n) is 4.57. The Morgan fingerprint density at radius 2 is 2.19 bits per heavy atom. The molecule has 116 valence electrons. The smallest absolute Gasteiger partial charge is 0.242 e. The molecule has 0 amide bonds. The van der Waals surface area contributed by atoms with Crippen molar-refractivity contribution in [3.05, 3.63) is 24.0 Å². The molecule has 21 heavy (non-hydrogen) atoms. The maximum atomic E-state index is 12.3. The Labute approximate surface area is 129 Å². The van der Waals surface area contributed by atoms with E-state index in [1.54, 1.807) is 0 Å². The molecule has 0 aliphatic carbocycles. The molecule has 1 aromatic heterocycles. The van der Waals surface area contributed by atoms with Gasteiger partial charge in [-0.25, -0.2) is 13.1 Å². The molecule has 0 bridgehead atoms. The fourth-order valence-corrected chi connectivity index (χ4v) is 3.45. The third-order valence-corrected chi connectivity index (χ3v) is 4.80. The van der Waals surface area contributed by atoms with Gasteiger partial charge in [-0.15, -0.1) is 0 Å². The minimum absolute atomic E-state index is 0.0134. The van der Waals surface area contributed by atoms with Crippen LogP contribution in [0.25, 0.3) is 0 Å². The van der Waals surface area contributed by atoms with Crippen LogP contribution < -0.4 is 10.5 Å². The highest BCUT2D eigenvalue weighted by molar-refractivity contribution is 7.89. The number of nitrogens with one attached hydrogen (secondary N) is 1. The molecule has 0 atom stereocenters. The van der Waals surface area contributed by atoms with Crippen LogP contribution in [0.4, 0.5) is 0 Å². The molecule has 0 saturated carbocycles. The molecule has 3 N–H and O–H groups in total. The van der Waals surface area contributed by atoms with Crippen LogP contribution in [0.2, 0.25) is 0 Å². The second-order valence-corrected chi connectivity index (χ2v) is 6.74. The number of aromatic nitrogens is 1. The molecule has 1 fully saturated rings. The lowest BCUT2D eigenvalue weighted by Gasteiger charge is -2.26. The van der Waals surface area contributed by atoms with Crippen molar-refractivity contribution in [2.75, 3.05) is 39.4 Å². The molecule has 1 aliphatic heterocycles. The summed E-state index contributed by atoms with van der Waals surface area (Å²) in [4.78, 5) is 6.05. The van der Waals surface area contributed by atoms with E-state index >= 15 is 0 Å². The number of hydrogen-bond acceptors (Lipinski definition) is 6. The highest BCUT2D eigenvalue weighted by atomic mass is 32.2. The van der Waals surface area contributed by atoms with Gasteiger partial charge in [0.05, 0.1) is 13.2 Å². The van der Waals surface area contributed by atoms with Gasteiger partial charge in [-0.05, 0) is 12.1 Å². The van der Waals surface area contributed by atoms with Crippen LogP contribution in [0, 0.1) is 0 Å². The highest BCUT2D eigenvalue weighted by Crippen LogP contribution is 2.12. The predicted molar refractivity (Wildman–Crippen MR) is 82.6 cm³/mol. The molecule has 0 aromatic carbocycles. The van der Waals surface area contributed by atoms with Crippen LogP contribution in [0.15, 0.2) is 23.2 Å². The molecule has 2 rings (SSSR count). The summed E-state index contributed by atoms with van der Waals surface area (Å²) in [5, 5.41) is 0. The van der Waals surface area contributed by atoms with Crippen molar-refractivity contribution in [3.8, 4) is 0 Å². The van der Waals surface area contributed by atoms with Crippen molar-refractivity contribution in [2.45, 2.75) is 4.90 Å². The van der Waals surface area contributed by atoms with Crippen molar-refractivity contribution >= 4 is 27.2 Å². The maximum absolute atomic E-state index is 12.3. The molecule has 1 aromatic rings. The zero-order valence-electron chi connectivity index (χ0n) is 11.5. The molecule has 1 saturated heterocycles. The summed E-state index contributed by atoms with van der Waals surface area (Å²) in [6, 6.07) is 2.98. The van der Waals surface area contributed by atoms with Crippen molar-refractivity contribution in [1.29, 1.82) is 0 Å². The number of pyridine rings is 1. The first kappa shape index (κ1) is 16.2. The summed E-state index contributed by atoms with van der Waals surface area (Å²) in [6.45, 7) is 3.93. The lowest BCUT2D eigenvalue weighted by atomic mass is 10.3. The average Bonchev–Trinajstić information content (AvgIpc) is 2.48. The van der Waals surface area contributed by atoms with E-state index < -0.39 is 10.0 Å². The monoisotopic (exact) mass is 330 g/mol. The quantitative estimate of drug-likeness (QED) is 0.667. The second kappa shape index (κ2) is 7.23. The van der Waals surface area contributed by atoms with Crippen LogP contribution in [-0.2, 0) is 14.8 Å². The highest BCUT2D eigenvalue weighted by Gasteiger charge is 2.20.